The lowest BCUT2D eigenvalue weighted by molar-refractivity contribution is -0.137. The van der Waals surface area contributed by atoms with Gasteiger partial charge in [-0.25, -0.2) is 0 Å². The maximum atomic E-state index is 12.5. The molecule has 3 atom stereocenters. The number of rotatable bonds is 3. The first-order chi connectivity index (χ1) is 9.93. The highest BCUT2D eigenvalue weighted by atomic mass is 19.4. The van der Waals surface area contributed by atoms with Gasteiger partial charge in [-0.2, -0.15) is 13.2 Å². The highest BCUT2D eigenvalue weighted by Crippen LogP contribution is 2.48. The van der Waals surface area contributed by atoms with Crippen LogP contribution in [0.15, 0.2) is 24.3 Å². The van der Waals surface area contributed by atoms with Crippen molar-refractivity contribution in [2.45, 2.75) is 38.4 Å². The largest absolute Gasteiger partial charge is 0.416 e. The minimum Gasteiger partial charge on any atom is -0.352 e. The number of nitrogens with one attached hydrogen (secondary N) is 1. The summed E-state index contributed by atoms with van der Waals surface area (Å²) >= 11 is 0. The average molecular weight is 297 g/mol. The van der Waals surface area contributed by atoms with Crippen LogP contribution in [0.5, 0.6) is 0 Å². The van der Waals surface area contributed by atoms with Crippen molar-refractivity contribution in [3.8, 4) is 0 Å². The van der Waals surface area contributed by atoms with E-state index in [0.29, 0.717) is 23.9 Å². The van der Waals surface area contributed by atoms with Crippen LogP contribution >= 0.6 is 0 Å². The molecule has 1 amide bonds. The van der Waals surface area contributed by atoms with Crippen LogP contribution in [-0.4, -0.2) is 5.91 Å². The smallest absolute Gasteiger partial charge is 0.352 e. The van der Waals surface area contributed by atoms with Crippen LogP contribution in [-0.2, 0) is 17.5 Å². The van der Waals surface area contributed by atoms with E-state index in [4.69, 9.17) is 0 Å². The van der Waals surface area contributed by atoms with Crippen molar-refractivity contribution in [3.63, 3.8) is 0 Å². The first-order valence-electron chi connectivity index (χ1n) is 7.37. The van der Waals surface area contributed by atoms with Crippen molar-refractivity contribution in [3.05, 3.63) is 35.4 Å². The second-order valence-corrected chi connectivity index (χ2v) is 6.19. The molecular weight excluding hydrogens is 279 g/mol. The average Bonchev–Trinajstić information content (AvgIpc) is 3.07. The van der Waals surface area contributed by atoms with E-state index < -0.39 is 11.7 Å². The third-order valence-corrected chi connectivity index (χ3v) is 4.82. The lowest BCUT2D eigenvalue weighted by Gasteiger charge is -2.20. The monoisotopic (exact) mass is 297 g/mol. The Kier molecular flexibility index (Phi) is 3.68. The van der Waals surface area contributed by atoms with Gasteiger partial charge in [-0.3, -0.25) is 4.79 Å². The Morgan fingerprint density at radius 2 is 1.86 bits per heavy atom. The van der Waals surface area contributed by atoms with Gasteiger partial charge in [0.1, 0.15) is 0 Å². The Morgan fingerprint density at radius 3 is 2.38 bits per heavy atom. The molecule has 1 aromatic rings. The Balaban J connectivity index is 1.54. The van der Waals surface area contributed by atoms with Crippen LogP contribution in [0.25, 0.3) is 0 Å². The van der Waals surface area contributed by atoms with Gasteiger partial charge in [0.2, 0.25) is 5.91 Å². The molecular formula is C16H18F3NO. The summed E-state index contributed by atoms with van der Waals surface area (Å²) in [5.41, 5.74) is 0.0326. The van der Waals surface area contributed by atoms with Gasteiger partial charge in [-0.05, 0) is 48.8 Å². The van der Waals surface area contributed by atoms with Gasteiger partial charge in [0.05, 0.1) is 5.56 Å². The van der Waals surface area contributed by atoms with Crippen molar-refractivity contribution in [1.82, 2.24) is 5.32 Å². The van der Waals surface area contributed by atoms with Gasteiger partial charge in [0, 0.05) is 12.5 Å². The normalized spacial score (nSPS) is 27.9. The summed E-state index contributed by atoms with van der Waals surface area (Å²) in [4.78, 5) is 12.1. The quantitative estimate of drug-likeness (QED) is 0.904. The molecule has 0 heterocycles. The standard InChI is InChI=1S/C16H18F3NO/c17-16(18,19)13-5-2-10(3-6-13)9-20-15(21)14-8-11-1-4-12(14)7-11/h2-3,5-6,11-12,14H,1,4,7-9H2,(H,20,21)/t11-,12-,14-/m0/s1. The van der Waals surface area contributed by atoms with Gasteiger partial charge in [0.15, 0.2) is 0 Å². The van der Waals surface area contributed by atoms with E-state index >= 15 is 0 Å². The SMILES string of the molecule is O=C(NCc1ccc(C(F)(F)F)cc1)[C@H]1C[C@H]2CC[C@H]1C2. The van der Waals surface area contributed by atoms with Gasteiger partial charge < -0.3 is 5.32 Å². The molecule has 2 nitrogen and oxygen atoms in total. The van der Waals surface area contributed by atoms with Crippen molar-refractivity contribution >= 4 is 5.91 Å². The molecule has 3 rings (SSSR count). The number of amides is 1. The van der Waals surface area contributed by atoms with E-state index in [-0.39, 0.29) is 11.8 Å². The second-order valence-electron chi connectivity index (χ2n) is 6.19. The van der Waals surface area contributed by atoms with E-state index in [1.807, 2.05) is 0 Å². The predicted molar refractivity (Wildman–Crippen MR) is 72.2 cm³/mol. The summed E-state index contributed by atoms with van der Waals surface area (Å²) in [5, 5.41) is 2.86. The maximum absolute atomic E-state index is 12.5. The fourth-order valence-corrected chi connectivity index (χ4v) is 3.70. The van der Waals surface area contributed by atoms with Gasteiger partial charge in [0.25, 0.3) is 0 Å². The van der Waals surface area contributed by atoms with Crippen LogP contribution in [0.2, 0.25) is 0 Å². The highest BCUT2D eigenvalue weighted by Gasteiger charge is 2.42. The number of carbonyl (C=O) groups excluding carboxylic acids is 1. The Hall–Kier alpha value is -1.52. The Bertz CT molecular complexity index is 523. The van der Waals surface area contributed by atoms with Crippen LogP contribution in [0, 0.1) is 17.8 Å². The summed E-state index contributed by atoms with van der Waals surface area (Å²) in [7, 11) is 0. The molecule has 0 aromatic heterocycles. The van der Waals surface area contributed by atoms with E-state index in [2.05, 4.69) is 5.32 Å². The number of benzene rings is 1. The van der Waals surface area contributed by atoms with Crippen molar-refractivity contribution < 1.29 is 18.0 Å². The fraction of sp³-hybridized carbons (Fsp3) is 0.562. The third-order valence-electron chi connectivity index (χ3n) is 4.82. The molecule has 0 radical (unpaired) electrons. The van der Waals surface area contributed by atoms with Crippen LogP contribution in [0.3, 0.4) is 0 Å². The van der Waals surface area contributed by atoms with Crippen molar-refractivity contribution in [2.24, 2.45) is 17.8 Å². The summed E-state index contributed by atoms with van der Waals surface area (Å²) < 4.78 is 37.4. The zero-order valence-corrected chi connectivity index (χ0v) is 11.6. The molecule has 114 valence electrons. The van der Waals surface area contributed by atoms with E-state index in [0.717, 1.165) is 25.0 Å². The fourth-order valence-electron chi connectivity index (χ4n) is 3.70. The molecule has 0 saturated heterocycles. The molecule has 1 N–H and O–H groups in total. The molecule has 5 heteroatoms. The minimum atomic E-state index is -4.31. The number of alkyl halides is 3. The molecule has 21 heavy (non-hydrogen) atoms. The van der Waals surface area contributed by atoms with Gasteiger partial charge in [-0.15, -0.1) is 0 Å². The topological polar surface area (TPSA) is 29.1 Å². The Morgan fingerprint density at radius 1 is 1.14 bits per heavy atom. The lowest BCUT2D eigenvalue weighted by Crippen LogP contribution is -2.33. The minimum absolute atomic E-state index is 0.0575. The zero-order chi connectivity index (χ0) is 15.0. The van der Waals surface area contributed by atoms with Crippen LogP contribution < -0.4 is 5.32 Å². The molecule has 2 saturated carbocycles. The first-order valence-corrected chi connectivity index (χ1v) is 7.37. The Labute approximate surface area is 121 Å². The molecule has 0 aliphatic heterocycles. The van der Waals surface area contributed by atoms with Crippen LogP contribution in [0.1, 0.15) is 36.8 Å². The lowest BCUT2D eigenvalue weighted by atomic mass is 9.88. The molecule has 2 fully saturated rings. The number of fused-ring (bicyclic) bond motifs is 2. The van der Waals surface area contributed by atoms with Gasteiger partial charge in [-0.1, -0.05) is 18.6 Å². The predicted octanol–water partition coefficient (Wildman–Crippen LogP) is 3.76. The number of hydrogen-bond acceptors (Lipinski definition) is 1. The zero-order valence-electron chi connectivity index (χ0n) is 11.6. The summed E-state index contributed by atoms with van der Waals surface area (Å²) in [6.07, 6.45) is 0.211. The van der Waals surface area contributed by atoms with E-state index in [9.17, 15) is 18.0 Å². The first kappa shape index (κ1) is 14.4. The maximum Gasteiger partial charge on any atom is 0.416 e. The molecule has 0 unspecified atom stereocenters. The third kappa shape index (κ3) is 3.06. The molecule has 0 spiro atoms. The highest BCUT2D eigenvalue weighted by molar-refractivity contribution is 5.79. The molecule has 2 aliphatic carbocycles. The molecule has 2 aliphatic rings. The van der Waals surface area contributed by atoms with Crippen molar-refractivity contribution in [2.75, 3.05) is 0 Å². The number of hydrogen-bond donors (Lipinski definition) is 1. The second kappa shape index (κ2) is 5.35. The van der Waals surface area contributed by atoms with Crippen LogP contribution in [0.4, 0.5) is 13.2 Å². The summed E-state index contributed by atoms with van der Waals surface area (Å²) in [6.45, 7) is 0.296. The van der Waals surface area contributed by atoms with E-state index in [1.54, 1.807) is 0 Å². The number of halogens is 3. The van der Waals surface area contributed by atoms with Crippen molar-refractivity contribution in [1.29, 1.82) is 0 Å². The summed E-state index contributed by atoms with van der Waals surface area (Å²) in [6, 6.07) is 4.95. The molecule has 1 aromatic carbocycles. The van der Waals surface area contributed by atoms with E-state index in [1.165, 1.54) is 25.0 Å². The number of carbonyl (C=O) groups is 1. The summed E-state index contributed by atoms with van der Waals surface area (Å²) in [5.74, 6) is 1.39. The van der Waals surface area contributed by atoms with Gasteiger partial charge >= 0.3 is 6.18 Å². The molecule has 2 bridgehead atoms.